The molecule has 510 valence electrons. The van der Waals surface area contributed by atoms with Gasteiger partial charge in [-0.3, -0.25) is 0 Å². The topological polar surface area (TPSA) is 320 Å². The molecule has 0 aromatic heterocycles. The number of ether oxygens (including phenoxy) is 12. The molecule has 1 unspecified atom stereocenters. The third-order valence-electron chi connectivity index (χ3n) is 16.7. The van der Waals surface area contributed by atoms with Crippen LogP contribution in [0, 0.1) is 20.8 Å². The molecule has 1 atom stereocenters. The summed E-state index contributed by atoms with van der Waals surface area (Å²) in [5.74, 6) is 4.98. The number of fused-ring (bicyclic) bond motifs is 21. The summed E-state index contributed by atoms with van der Waals surface area (Å²) in [4.78, 5) is 34.0. The van der Waals surface area contributed by atoms with E-state index < -0.39 is 49.8 Å². The molecule has 6 N–H and O–H groups in total. The van der Waals surface area contributed by atoms with E-state index in [1.807, 2.05) is 19.1 Å². The Kier molecular flexibility index (Phi) is 15.4. The van der Waals surface area contributed by atoms with Gasteiger partial charge in [-0.1, -0.05) is 53.1 Å². The summed E-state index contributed by atoms with van der Waals surface area (Å²) in [6.45, 7) is -6.37. The standard InChI is InChI=1S/C28H23N2O9PS3.C21H17N2O7PS2.C14H11N2O5PS/c1-17-3-7-19(8-4-17)42(32,33)29-21-11-13-23-27(38-15-36-23)25(21)26-22(12-14-24-28(26)39-16-37-24)30(40(29,31)41)43(34,35)20-9-5-18(2)6-10-20;1-12-2-4-13(5-3-12)33(25,26)23-15-7-9-17-21(30-11-28-17)19(15)18-14(22-31(23,24)32)6-8-16-20(18)29-10-27-16;17-22(23)15-7-1-3-9-13(20-5-18-9)11(7)12-8(16-22)2-4-10-14(12)21-6-19-10/h3-14H,15-16H2,1-2H3,(H,31,41);2-9H,10-11H2,1H3,(H2,22,24,32);1-4H,5-6H2,(H3,15,16,17,23). The van der Waals surface area contributed by atoms with Gasteiger partial charge in [0.2, 0.25) is 47.3 Å². The van der Waals surface area contributed by atoms with E-state index in [0.717, 1.165) is 31.9 Å². The molecule has 0 spiro atoms. The molecule has 99 heavy (non-hydrogen) atoms. The van der Waals surface area contributed by atoms with Crippen molar-refractivity contribution in [3.63, 3.8) is 0 Å². The van der Waals surface area contributed by atoms with Crippen molar-refractivity contribution in [3.05, 3.63) is 162 Å². The maximum Gasteiger partial charge on any atom is 0.279 e. The Morgan fingerprint density at radius 1 is 0.323 bits per heavy atom. The Morgan fingerprint density at radius 3 is 0.879 bits per heavy atom. The van der Waals surface area contributed by atoms with E-state index in [4.69, 9.17) is 92.3 Å². The van der Waals surface area contributed by atoms with Crippen molar-refractivity contribution in [3.8, 4) is 102 Å². The summed E-state index contributed by atoms with van der Waals surface area (Å²) in [7, 11) is -13.7. The Hall–Kier alpha value is -8.94. The second-order valence-corrected chi connectivity index (χ2v) is 38.8. The number of rotatable bonds is 6. The highest BCUT2D eigenvalue weighted by atomic mass is 32.5. The van der Waals surface area contributed by atoms with E-state index in [-0.39, 0.29) is 107 Å². The van der Waals surface area contributed by atoms with Crippen molar-refractivity contribution < 1.29 is 96.8 Å². The van der Waals surface area contributed by atoms with Crippen molar-refractivity contribution in [1.82, 2.24) is 0 Å². The second kappa shape index (κ2) is 23.6. The van der Waals surface area contributed by atoms with E-state index in [2.05, 4.69) is 15.3 Å². The molecule has 36 heteroatoms. The molecule has 18 rings (SSSR count). The third kappa shape index (κ3) is 10.6. The zero-order valence-electron chi connectivity index (χ0n) is 51.4. The normalized spacial score (nSPS) is 18.1. The van der Waals surface area contributed by atoms with Gasteiger partial charge in [-0.2, -0.15) is 12.2 Å². The van der Waals surface area contributed by atoms with E-state index in [9.17, 15) is 39.9 Å². The first kappa shape index (κ1) is 64.7. The maximum atomic E-state index is 14.5. The van der Waals surface area contributed by atoms with Gasteiger partial charge in [0.25, 0.3) is 43.2 Å². The van der Waals surface area contributed by atoms with E-state index in [0.29, 0.717) is 82.3 Å². The zero-order valence-corrected chi connectivity index (χ0v) is 59.0. The van der Waals surface area contributed by atoms with Crippen molar-refractivity contribution in [2.24, 2.45) is 0 Å². The molecule has 0 radical (unpaired) electrons. The fraction of sp³-hybridized carbons (Fsp3) is 0.143. The SMILES string of the molecule is Cc1ccc(S(=O)(=O)N2c3ccc4c(c3-c3c(ccc5c3OCO5)N(S(=O)(=O)c3ccc(C)cc3)P2(O)=S)OCO4)cc1.Cc1ccc(S(=O)(=O)N2c3ccc4c(c3-c3c(ccc5c3OCO5)NP2(O)=S)OCO4)cc1.OP1(=S)Nc2ccc3c(c2-c2c(ccc4c2OCO4)N1)OCO3. The molecule has 0 bridgehead atoms. The molecule has 9 heterocycles. The lowest BCUT2D eigenvalue weighted by Crippen LogP contribution is -2.38. The smallest absolute Gasteiger partial charge is 0.279 e. The summed E-state index contributed by atoms with van der Waals surface area (Å²) in [5.41, 5.74) is 6.73. The predicted octanol–water partition coefficient (Wildman–Crippen LogP) is 11.9. The number of aryl methyl sites for hydroxylation is 3. The lowest BCUT2D eigenvalue weighted by atomic mass is 9.99. The highest BCUT2D eigenvalue weighted by Gasteiger charge is 2.53. The van der Waals surface area contributed by atoms with Gasteiger partial charge in [0.15, 0.2) is 69.0 Å². The molecule has 0 saturated carbocycles. The van der Waals surface area contributed by atoms with Gasteiger partial charge in [-0.15, -0.1) is 0 Å². The molecule has 0 amide bonds. The zero-order chi connectivity index (χ0) is 68.9. The average Bonchev–Trinajstić information content (AvgIpc) is 1.56. The summed E-state index contributed by atoms with van der Waals surface area (Å²) < 4.78 is 156. The highest BCUT2D eigenvalue weighted by Crippen LogP contribution is 2.70. The van der Waals surface area contributed by atoms with Crippen LogP contribution in [0.25, 0.3) is 33.4 Å². The minimum absolute atomic E-state index is 0.00226. The highest BCUT2D eigenvalue weighted by molar-refractivity contribution is 8.24. The fourth-order valence-corrected chi connectivity index (χ4v) is 27.8. The Balaban J connectivity index is 0.000000121. The molecule has 27 nitrogen and oxygen atoms in total. The van der Waals surface area contributed by atoms with Crippen molar-refractivity contribution in [1.29, 1.82) is 0 Å². The van der Waals surface area contributed by atoms with Gasteiger partial charge in [0.05, 0.1) is 82.2 Å². The quantitative estimate of drug-likeness (QED) is 0.0843. The van der Waals surface area contributed by atoms with Crippen molar-refractivity contribution >= 4 is 119 Å². The molecular formula is C63H51N6O21P3S6. The van der Waals surface area contributed by atoms with Gasteiger partial charge in [-0.05, 0) is 165 Å². The molecule has 0 aliphatic carbocycles. The summed E-state index contributed by atoms with van der Waals surface area (Å²) in [6.07, 6.45) is 0. The van der Waals surface area contributed by atoms with Crippen LogP contribution in [0.1, 0.15) is 16.7 Å². The molecule has 9 aromatic rings. The Labute approximate surface area is 580 Å². The molecule has 0 fully saturated rings. The van der Waals surface area contributed by atoms with Gasteiger partial charge >= 0.3 is 0 Å². The molecule has 9 aliphatic heterocycles. The summed E-state index contributed by atoms with van der Waals surface area (Å²) in [5, 5.41) is 8.91. The van der Waals surface area contributed by atoms with E-state index in [1.165, 1.54) is 60.7 Å². The third-order valence-corrected chi connectivity index (χ3v) is 32.2. The minimum Gasteiger partial charge on any atom is -0.454 e. The number of hydrogen-bond donors (Lipinski definition) is 6. The number of nitrogens with zero attached hydrogens (tertiary/aromatic N) is 3. The number of nitrogens with one attached hydrogen (secondary N) is 3. The molecule has 0 saturated heterocycles. The Morgan fingerprint density at radius 2 is 0.566 bits per heavy atom. The predicted molar refractivity (Wildman–Crippen MR) is 375 cm³/mol. The lowest BCUT2D eigenvalue weighted by molar-refractivity contribution is 0.173. The lowest BCUT2D eigenvalue weighted by Gasteiger charge is -2.37. The minimum atomic E-state index is -4.83. The van der Waals surface area contributed by atoms with Crippen LogP contribution < -0.4 is 84.3 Å². The Bertz CT molecular complexity index is 5280. The van der Waals surface area contributed by atoms with E-state index >= 15 is 0 Å². The number of sulfonamides is 3. The van der Waals surface area contributed by atoms with Crippen LogP contribution in [0.3, 0.4) is 0 Å². The summed E-state index contributed by atoms with van der Waals surface area (Å²) >= 11 is 16.6. The average molecular weight is 1510 g/mol. The van der Waals surface area contributed by atoms with Crippen LogP contribution in [-0.2, 0) is 65.5 Å². The van der Waals surface area contributed by atoms with Crippen LogP contribution in [0.4, 0.5) is 34.1 Å². The number of hydrogen-bond acceptors (Lipinski definition) is 21. The second-order valence-electron chi connectivity index (χ2n) is 22.9. The van der Waals surface area contributed by atoms with E-state index in [1.54, 1.807) is 86.6 Å². The first-order valence-corrected chi connectivity index (χ1v) is 42.0. The van der Waals surface area contributed by atoms with Crippen LogP contribution >= 0.6 is 19.7 Å². The first-order valence-electron chi connectivity index (χ1n) is 29.6. The molecule has 9 aliphatic rings. The van der Waals surface area contributed by atoms with Crippen LogP contribution in [-0.4, -0.2) is 80.7 Å². The van der Waals surface area contributed by atoms with Gasteiger partial charge in [-0.25, -0.2) is 25.3 Å². The van der Waals surface area contributed by atoms with Gasteiger partial charge < -0.3 is 86.8 Å². The number of benzene rings is 9. The monoisotopic (exact) mass is 1510 g/mol. The van der Waals surface area contributed by atoms with Crippen molar-refractivity contribution in [2.45, 2.75) is 35.5 Å². The largest absolute Gasteiger partial charge is 0.454 e. The van der Waals surface area contributed by atoms with Crippen molar-refractivity contribution in [2.75, 3.05) is 68.2 Å². The van der Waals surface area contributed by atoms with Gasteiger partial charge in [0.1, 0.15) is 0 Å². The van der Waals surface area contributed by atoms with Gasteiger partial charge in [0, 0.05) is 0 Å². The van der Waals surface area contributed by atoms with Crippen LogP contribution in [0.2, 0.25) is 0 Å². The molecular weight excluding hydrogens is 1460 g/mol. The first-order chi connectivity index (χ1) is 47.3. The molecule has 9 aromatic carbocycles. The maximum absolute atomic E-state index is 14.5. The number of anilines is 6. The summed E-state index contributed by atoms with van der Waals surface area (Å²) in [6, 6.07) is 37.7. The van der Waals surface area contributed by atoms with Crippen LogP contribution in [0.5, 0.6) is 69.0 Å². The fourth-order valence-electron chi connectivity index (χ4n) is 12.3. The van der Waals surface area contributed by atoms with Crippen LogP contribution in [0.15, 0.2) is 160 Å².